The van der Waals surface area contributed by atoms with Crippen LogP contribution >= 0.6 is 11.8 Å². The summed E-state index contributed by atoms with van der Waals surface area (Å²) in [6, 6.07) is -0.415. The summed E-state index contributed by atoms with van der Waals surface area (Å²) < 4.78 is 1.83. The minimum Gasteiger partial charge on any atom is -0.354 e. The van der Waals surface area contributed by atoms with Gasteiger partial charge in [-0.05, 0) is 18.4 Å². The van der Waals surface area contributed by atoms with Gasteiger partial charge in [0.05, 0.1) is 6.04 Å². The van der Waals surface area contributed by atoms with Crippen LogP contribution in [0.2, 0.25) is 0 Å². The van der Waals surface area contributed by atoms with E-state index >= 15 is 0 Å². The van der Waals surface area contributed by atoms with Crippen LogP contribution in [0.1, 0.15) is 12.2 Å². The molecule has 0 radical (unpaired) electrons. The van der Waals surface area contributed by atoms with E-state index in [1.54, 1.807) is 18.1 Å². The van der Waals surface area contributed by atoms with E-state index in [1.807, 2.05) is 17.9 Å². The molecule has 1 heterocycles. The summed E-state index contributed by atoms with van der Waals surface area (Å²) in [6.07, 6.45) is 5.01. The van der Waals surface area contributed by atoms with E-state index in [9.17, 15) is 4.79 Å². The molecule has 0 spiro atoms. The van der Waals surface area contributed by atoms with Crippen molar-refractivity contribution in [1.82, 2.24) is 20.1 Å². The lowest BCUT2D eigenvalue weighted by Gasteiger charge is -2.11. The lowest BCUT2D eigenvalue weighted by atomic mass is 10.2. The van der Waals surface area contributed by atoms with Crippen molar-refractivity contribution >= 4 is 17.7 Å². The number of carbonyl (C=O) groups excluding carboxylic acids is 1. The number of carbonyl (C=O) groups is 1. The van der Waals surface area contributed by atoms with Crippen molar-refractivity contribution in [3.8, 4) is 0 Å². The van der Waals surface area contributed by atoms with Gasteiger partial charge in [-0.15, -0.1) is 10.2 Å². The Morgan fingerprint density at radius 1 is 1.71 bits per heavy atom. The van der Waals surface area contributed by atoms with Crippen LogP contribution in [0.15, 0.2) is 6.33 Å². The molecule has 0 aliphatic carbocycles. The Morgan fingerprint density at radius 3 is 3.06 bits per heavy atom. The minimum absolute atomic E-state index is 0.0961. The van der Waals surface area contributed by atoms with Crippen LogP contribution in [0.5, 0.6) is 0 Å². The number of aryl methyl sites for hydroxylation is 1. The van der Waals surface area contributed by atoms with Gasteiger partial charge in [0, 0.05) is 20.0 Å². The van der Waals surface area contributed by atoms with Crippen molar-refractivity contribution in [2.24, 2.45) is 12.8 Å². The molecule has 1 atom stereocenters. The normalized spacial score (nSPS) is 12.4. The zero-order valence-electron chi connectivity index (χ0n) is 10.2. The van der Waals surface area contributed by atoms with Gasteiger partial charge in [-0.1, -0.05) is 0 Å². The second-order valence-electron chi connectivity index (χ2n) is 3.79. The van der Waals surface area contributed by atoms with Crippen molar-refractivity contribution in [2.45, 2.75) is 18.9 Å². The second-order valence-corrected chi connectivity index (χ2v) is 4.77. The highest BCUT2D eigenvalue weighted by atomic mass is 32.2. The molecule has 6 nitrogen and oxygen atoms in total. The largest absolute Gasteiger partial charge is 0.354 e. The maximum Gasteiger partial charge on any atom is 0.236 e. The number of hydrogen-bond donors (Lipinski definition) is 2. The molecule has 0 aliphatic rings. The molecule has 17 heavy (non-hydrogen) atoms. The predicted octanol–water partition coefficient (Wildman–Crippen LogP) is -0.446. The monoisotopic (exact) mass is 257 g/mol. The summed E-state index contributed by atoms with van der Waals surface area (Å²) in [6.45, 7) is 0.540. The zero-order chi connectivity index (χ0) is 12.7. The summed E-state index contributed by atoms with van der Waals surface area (Å²) in [7, 11) is 1.88. The summed E-state index contributed by atoms with van der Waals surface area (Å²) in [5.41, 5.74) is 5.73. The zero-order valence-corrected chi connectivity index (χ0v) is 11.0. The number of nitrogens with one attached hydrogen (secondary N) is 1. The average Bonchev–Trinajstić information content (AvgIpc) is 2.72. The summed E-state index contributed by atoms with van der Waals surface area (Å²) >= 11 is 1.69. The summed E-state index contributed by atoms with van der Waals surface area (Å²) in [5, 5.41) is 10.5. The van der Waals surface area contributed by atoms with Gasteiger partial charge in [-0.2, -0.15) is 11.8 Å². The molecule has 0 unspecified atom stereocenters. The summed E-state index contributed by atoms with van der Waals surface area (Å²) in [4.78, 5) is 11.6. The molecule has 96 valence electrons. The maximum absolute atomic E-state index is 11.6. The molecular formula is C10H19N5OS. The van der Waals surface area contributed by atoms with Crippen LogP contribution in [0, 0.1) is 0 Å². The molecule has 0 bridgehead atoms. The van der Waals surface area contributed by atoms with Crippen molar-refractivity contribution in [3.63, 3.8) is 0 Å². The van der Waals surface area contributed by atoms with Crippen LogP contribution in [-0.2, 0) is 18.3 Å². The van der Waals surface area contributed by atoms with Crippen molar-refractivity contribution < 1.29 is 4.79 Å². The number of aromatic nitrogens is 3. The molecule has 0 saturated carbocycles. The van der Waals surface area contributed by atoms with Crippen molar-refractivity contribution in [3.05, 3.63) is 12.2 Å². The van der Waals surface area contributed by atoms with E-state index in [1.165, 1.54) is 0 Å². The molecular weight excluding hydrogens is 238 g/mol. The molecule has 0 aromatic carbocycles. The molecule has 1 aromatic rings. The first-order valence-electron chi connectivity index (χ1n) is 5.50. The van der Waals surface area contributed by atoms with Gasteiger partial charge in [0.25, 0.3) is 0 Å². The molecule has 1 rings (SSSR count). The van der Waals surface area contributed by atoms with Gasteiger partial charge in [0.2, 0.25) is 5.91 Å². The number of thioether (sulfide) groups is 1. The second kappa shape index (κ2) is 7.29. The fourth-order valence-electron chi connectivity index (χ4n) is 1.34. The van der Waals surface area contributed by atoms with Crippen LogP contribution in [0.4, 0.5) is 0 Å². The third-order valence-corrected chi connectivity index (χ3v) is 3.07. The van der Waals surface area contributed by atoms with Gasteiger partial charge < -0.3 is 15.6 Å². The Balaban J connectivity index is 2.22. The highest BCUT2D eigenvalue weighted by Crippen LogP contribution is 1.98. The topological polar surface area (TPSA) is 85.8 Å². The Labute approximate surface area is 105 Å². The van der Waals surface area contributed by atoms with Crippen molar-refractivity contribution in [2.75, 3.05) is 18.6 Å². The van der Waals surface area contributed by atoms with Crippen LogP contribution in [0.3, 0.4) is 0 Å². The quantitative estimate of drug-likeness (QED) is 0.691. The molecule has 0 aliphatic heterocycles. The van der Waals surface area contributed by atoms with E-state index < -0.39 is 6.04 Å². The number of hydrogen-bond acceptors (Lipinski definition) is 5. The SMILES string of the molecule is CSCC[C@H](N)C(=O)NCCc1nncn1C. The van der Waals surface area contributed by atoms with Crippen LogP contribution < -0.4 is 11.1 Å². The molecule has 3 N–H and O–H groups in total. The lowest BCUT2D eigenvalue weighted by Crippen LogP contribution is -2.41. The van der Waals surface area contributed by atoms with Gasteiger partial charge in [0.1, 0.15) is 12.2 Å². The highest BCUT2D eigenvalue weighted by Gasteiger charge is 2.12. The smallest absolute Gasteiger partial charge is 0.236 e. The molecule has 7 heteroatoms. The van der Waals surface area contributed by atoms with Gasteiger partial charge in [-0.3, -0.25) is 4.79 Å². The Morgan fingerprint density at radius 2 is 2.47 bits per heavy atom. The van der Waals surface area contributed by atoms with Crippen LogP contribution in [-0.4, -0.2) is 45.3 Å². The van der Waals surface area contributed by atoms with E-state index in [-0.39, 0.29) is 5.91 Å². The van der Waals surface area contributed by atoms with Crippen LogP contribution in [0.25, 0.3) is 0 Å². The van der Waals surface area contributed by atoms with E-state index in [0.29, 0.717) is 19.4 Å². The summed E-state index contributed by atoms with van der Waals surface area (Å²) in [5.74, 6) is 1.65. The standard InChI is InChI=1S/C10H19N5OS/c1-15-7-13-14-9(15)3-5-12-10(16)8(11)4-6-17-2/h7-8H,3-6,11H2,1-2H3,(H,12,16)/t8-/m0/s1. The van der Waals surface area contributed by atoms with E-state index in [4.69, 9.17) is 5.73 Å². The third kappa shape index (κ3) is 4.74. The highest BCUT2D eigenvalue weighted by molar-refractivity contribution is 7.98. The Bertz CT molecular complexity index is 354. The fourth-order valence-corrected chi connectivity index (χ4v) is 1.83. The molecule has 0 fully saturated rings. The van der Waals surface area contributed by atoms with Gasteiger partial charge in [-0.25, -0.2) is 0 Å². The van der Waals surface area contributed by atoms with E-state index in [2.05, 4.69) is 15.5 Å². The van der Waals surface area contributed by atoms with Gasteiger partial charge in [0.15, 0.2) is 0 Å². The lowest BCUT2D eigenvalue weighted by molar-refractivity contribution is -0.122. The van der Waals surface area contributed by atoms with Crippen molar-refractivity contribution in [1.29, 1.82) is 0 Å². The Kier molecular flexibility index (Phi) is 5.99. The minimum atomic E-state index is -0.415. The van der Waals surface area contributed by atoms with Gasteiger partial charge >= 0.3 is 0 Å². The first-order valence-corrected chi connectivity index (χ1v) is 6.89. The molecule has 1 aromatic heterocycles. The Hall–Kier alpha value is -1.08. The first-order chi connectivity index (χ1) is 8.15. The predicted molar refractivity (Wildman–Crippen MR) is 68.7 cm³/mol. The third-order valence-electron chi connectivity index (χ3n) is 2.42. The average molecular weight is 257 g/mol. The molecule has 1 amide bonds. The first kappa shape index (κ1) is 14.0. The number of nitrogens with two attached hydrogens (primary N) is 1. The van der Waals surface area contributed by atoms with E-state index in [0.717, 1.165) is 11.6 Å². The maximum atomic E-state index is 11.6. The number of rotatable bonds is 7. The molecule has 0 saturated heterocycles. The number of nitrogens with zero attached hydrogens (tertiary/aromatic N) is 3. The fraction of sp³-hybridized carbons (Fsp3) is 0.700. The number of amides is 1.